The minimum atomic E-state index is -0.354. The van der Waals surface area contributed by atoms with Crippen molar-refractivity contribution in [2.45, 2.75) is 13.8 Å². The van der Waals surface area contributed by atoms with Gasteiger partial charge in [-0.25, -0.2) is 9.38 Å². The molecule has 1 aliphatic rings. The highest BCUT2D eigenvalue weighted by Gasteiger charge is 2.24. The molecular formula is C18H15FN2OS. The summed E-state index contributed by atoms with van der Waals surface area (Å²) >= 11 is 1.21. The van der Waals surface area contributed by atoms with E-state index < -0.39 is 0 Å². The quantitative estimate of drug-likeness (QED) is 0.834. The highest BCUT2D eigenvalue weighted by Crippen LogP contribution is 2.29. The third-order valence-corrected chi connectivity index (χ3v) is 4.47. The van der Waals surface area contributed by atoms with Crippen LogP contribution in [-0.4, -0.2) is 11.1 Å². The van der Waals surface area contributed by atoms with Gasteiger partial charge in [-0.1, -0.05) is 24.3 Å². The van der Waals surface area contributed by atoms with Gasteiger partial charge in [0.05, 0.1) is 10.6 Å². The van der Waals surface area contributed by atoms with Gasteiger partial charge in [0.25, 0.3) is 5.91 Å². The summed E-state index contributed by atoms with van der Waals surface area (Å²) in [6.45, 7) is 4.05. The predicted molar refractivity (Wildman–Crippen MR) is 93.1 cm³/mol. The van der Waals surface area contributed by atoms with E-state index in [0.717, 1.165) is 11.3 Å². The number of nitrogens with one attached hydrogen (secondary N) is 1. The first-order valence-electron chi connectivity index (χ1n) is 7.14. The largest absolute Gasteiger partial charge is 0.300 e. The van der Waals surface area contributed by atoms with Crippen LogP contribution in [0.4, 0.5) is 10.1 Å². The van der Waals surface area contributed by atoms with Gasteiger partial charge >= 0.3 is 0 Å². The first-order valence-corrected chi connectivity index (χ1v) is 7.96. The molecule has 0 unspecified atom stereocenters. The molecule has 1 saturated heterocycles. The number of hydrogen-bond acceptors (Lipinski definition) is 3. The molecule has 23 heavy (non-hydrogen) atoms. The zero-order chi connectivity index (χ0) is 16.4. The summed E-state index contributed by atoms with van der Waals surface area (Å²) in [5.41, 5.74) is 3.50. The second-order valence-electron chi connectivity index (χ2n) is 5.27. The van der Waals surface area contributed by atoms with Gasteiger partial charge in [-0.3, -0.25) is 4.79 Å². The summed E-state index contributed by atoms with van der Waals surface area (Å²) in [6, 6.07) is 12.2. The molecule has 1 fully saturated rings. The van der Waals surface area contributed by atoms with E-state index in [4.69, 9.17) is 0 Å². The van der Waals surface area contributed by atoms with Crippen molar-refractivity contribution in [2.24, 2.45) is 4.99 Å². The van der Waals surface area contributed by atoms with Crippen molar-refractivity contribution in [1.29, 1.82) is 0 Å². The SMILES string of the molecule is Cc1ccc(N=C2NC(=O)C(=Cc3ccccc3F)S2)cc1C. The van der Waals surface area contributed by atoms with Crippen LogP contribution in [0.1, 0.15) is 16.7 Å². The molecule has 116 valence electrons. The molecule has 0 aliphatic carbocycles. The minimum absolute atomic E-state index is 0.263. The average Bonchev–Trinajstić information content (AvgIpc) is 2.85. The predicted octanol–water partition coefficient (Wildman–Crippen LogP) is 4.33. The number of benzene rings is 2. The first-order chi connectivity index (χ1) is 11.0. The number of hydrogen-bond donors (Lipinski definition) is 1. The fraction of sp³-hybridized carbons (Fsp3) is 0.111. The highest BCUT2D eigenvalue weighted by atomic mass is 32.2. The molecule has 1 N–H and O–H groups in total. The summed E-state index contributed by atoms with van der Waals surface area (Å²) in [4.78, 5) is 16.9. The van der Waals surface area contributed by atoms with Gasteiger partial charge in [-0.15, -0.1) is 0 Å². The van der Waals surface area contributed by atoms with E-state index in [9.17, 15) is 9.18 Å². The number of rotatable bonds is 2. The minimum Gasteiger partial charge on any atom is -0.300 e. The zero-order valence-electron chi connectivity index (χ0n) is 12.8. The molecule has 3 nitrogen and oxygen atoms in total. The fourth-order valence-corrected chi connectivity index (χ4v) is 2.96. The maximum Gasteiger partial charge on any atom is 0.264 e. The Labute approximate surface area is 138 Å². The molecule has 2 aromatic carbocycles. The topological polar surface area (TPSA) is 41.5 Å². The van der Waals surface area contributed by atoms with E-state index in [2.05, 4.69) is 10.3 Å². The molecule has 1 amide bonds. The van der Waals surface area contributed by atoms with E-state index in [1.807, 2.05) is 32.0 Å². The van der Waals surface area contributed by atoms with Crippen molar-refractivity contribution in [1.82, 2.24) is 5.32 Å². The normalized spacial score (nSPS) is 17.8. The first kappa shape index (κ1) is 15.5. The van der Waals surface area contributed by atoms with Crippen LogP contribution in [0.25, 0.3) is 6.08 Å². The Balaban J connectivity index is 1.86. The Morgan fingerprint density at radius 1 is 1.13 bits per heavy atom. The Morgan fingerprint density at radius 3 is 2.65 bits per heavy atom. The van der Waals surface area contributed by atoms with Gasteiger partial charge in [0.15, 0.2) is 5.17 Å². The number of amides is 1. The van der Waals surface area contributed by atoms with Gasteiger partial charge in [0.1, 0.15) is 5.82 Å². The van der Waals surface area contributed by atoms with Gasteiger partial charge in [-0.2, -0.15) is 0 Å². The summed E-state index contributed by atoms with van der Waals surface area (Å²) in [7, 11) is 0. The molecular weight excluding hydrogens is 311 g/mol. The number of carbonyl (C=O) groups excluding carboxylic acids is 1. The lowest BCUT2D eigenvalue weighted by Crippen LogP contribution is -2.19. The molecule has 0 aromatic heterocycles. The average molecular weight is 326 g/mol. The van der Waals surface area contributed by atoms with Gasteiger partial charge in [0.2, 0.25) is 0 Å². The van der Waals surface area contributed by atoms with Crippen molar-refractivity contribution < 1.29 is 9.18 Å². The number of carbonyl (C=O) groups is 1. The maximum atomic E-state index is 13.7. The molecule has 3 rings (SSSR count). The lowest BCUT2D eigenvalue weighted by Gasteiger charge is -2.01. The number of thioether (sulfide) groups is 1. The molecule has 0 atom stereocenters. The molecule has 1 aliphatic heterocycles. The lowest BCUT2D eigenvalue weighted by molar-refractivity contribution is -0.115. The van der Waals surface area contributed by atoms with Gasteiger partial charge in [0, 0.05) is 5.56 Å². The van der Waals surface area contributed by atoms with E-state index in [-0.39, 0.29) is 11.7 Å². The molecule has 0 radical (unpaired) electrons. The van der Waals surface area contributed by atoms with Crippen LogP contribution in [0, 0.1) is 19.7 Å². The fourth-order valence-electron chi connectivity index (χ4n) is 2.13. The van der Waals surface area contributed by atoms with E-state index in [1.54, 1.807) is 18.2 Å². The Morgan fingerprint density at radius 2 is 1.91 bits per heavy atom. The summed E-state index contributed by atoms with van der Waals surface area (Å²) in [6.07, 6.45) is 1.54. The third-order valence-electron chi connectivity index (χ3n) is 3.56. The monoisotopic (exact) mass is 326 g/mol. The summed E-state index contributed by atoms with van der Waals surface area (Å²) in [5, 5.41) is 3.21. The molecule has 0 spiro atoms. The smallest absolute Gasteiger partial charge is 0.264 e. The third kappa shape index (κ3) is 3.51. The number of aryl methyl sites for hydroxylation is 2. The molecule has 0 saturated carbocycles. The van der Waals surface area contributed by atoms with Crippen LogP contribution < -0.4 is 5.32 Å². The second kappa shape index (κ2) is 6.38. The molecule has 2 aromatic rings. The zero-order valence-corrected chi connectivity index (χ0v) is 13.6. The van der Waals surface area contributed by atoms with Gasteiger partial charge in [-0.05, 0) is 61.0 Å². The van der Waals surface area contributed by atoms with E-state index in [0.29, 0.717) is 15.6 Å². The van der Waals surface area contributed by atoms with Crippen LogP contribution >= 0.6 is 11.8 Å². The Bertz CT molecular complexity index is 843. The van der Waals surface area contributed by atoms with Gasteiger partial charge < -0.3 is 5.32 Å². The molecule has 1 heterocycles. The van der Waals surface area contributed by atoms with Crippen molar-refractivity contribution >= 4 is 34.6 Å². The maximum absolute atomic E-state index is 13.7. The van der Waals surface area contributed by atoms with Crippen molar-refractivity contribution in [2.75, 3.05) is 0 Å². The number of nitrogens with zero attached hydrogens (tertiary/aromatic N) is 1. The standard InChI is InChI=1S/C18H15FN2OS/c1-11-7-8-14(9-12(11)2)20-18-21-17(22)16(23-18)10-13-5-3-4-6-15(13)19/h3-10H,1-2H3,(H,20,21,22). The summed E-state index contributed by atoms with van der Waals surface area (Å²) in [5.74, 6) is -0.617. The highest BCUT2D eigenvalue weighted by molar-refractivity contribution is 8.18. The van der Waals surface area contributed by atoms with Crippen LogP contribution in [0.2, 0.25) is 0 Å². The van der Waals surface area contributed by atoms with Crippen molar-refractivity contribution in [3.63, 3.8) is 0 Å². The number of halogens is 1. The van der Waals surface area contributed by atoms with Crippen molar-refractivity contribution in [3.8, 4) is 0 Å². The van der Waals surface area contributed by atoms with Crippen LogP contribution in [0.5, 0.6) is 0 Å². The van der Waals surface area contributed by atoms with E-state index in [1.165, 1.54) is 29.5 Å². The summed E-state index contributed by atoms with van der Waals surface area (Å²) < 4.78 is 13.7. The molecule has 0 bridgehead atoms. The molecule has 5 heteroatoms. The lowest BCUT2D eigenvalue weighted by atomic mass is 10.1. The van der Waals surface area contributed by atoms with Crippen LogP contribution in [-0.2, 0) is 4.79 Å². The van der Waals surface area contributed by atoms with E-state index >= 15 is 0 Å². The van der Waals surface area contributed by atoms with Crippen LogP contribution in [0.3, 0.4) is 0 Å². The Kier molecular flexibility index (Phi) is 4.30. The number of aliphatic imine (C=N–C) groups is 1. The van der Waals surface area contributed by atoms with Crippen LogP contribution in [0.15, 0.2) is 52.4 Å². The van der Waals surface area contributed by atoms with Crippen molar-refractivity contribution in [3.05, 3.63) is 69.9 Å². The number of amidine groups is 1. The second-order valence-corrected chi connectivity index (χ2v) is 6.30. The Hall–Kier alpha value is -2.40.